The van der Waals surface area contributed by atoms with Crippen LogP contribution in [0.2, 0.25) is 0 Å². The Morgan fingerprint density at radius 2 is 1.89 bits per heavy atom. The number of fused-ring (bicyclic) bond motifs is 1. The van der Waals surface area contributed by atoms with Gasteiger partial charge in [-0.3, -0.25) is 14.2 Å². The van der Waals surface area contributed by atoms with Gasteiger partial charge < -0.3 is 14.8 Å². The number of esters is 1. The van der Waals surface area contributed by atoms with Gasteiger partial charge in [-0.15, -0.1) is 11.3 Å². The summed E-state index contributed by atoms with van der Waals surface area (Å²) in [4.78, 5) is 41.8. The highest BCUT2D eigenvalue weighted by molar-refractivity contribution is 7.17. The summed E-state index contributed by atoms with van der Waals surface area (Å²) in [6.45, 7) is 2.17. The first-order chi connectivity index (χ1) is 18.0. The summed E-state index contributed by atoms with van der Waals surface area (Å²) < 4.78 is 16.3. The molecule has 1 aliphatic rings. The lowest BCUT2D eigenvalue weighted by Gasteiger charge is -2.27. The number of hydrogen-bond acceptors (Lipinski definition) is 8. The van der Waals surface area contributed by atoms with Gasteiger partial charge in [-0.2, -0.15) is 0 Å². The molecule has 190 valence electrons. The van der Waals surface area contributed by atoms with Crippen LogP contribution in [0.3, 0.4) is 0 Å². The molecular weight excluding hydrogens is 496 g/mol. The highest BCUT2D eigenvalue weighted by atomic mass is 32.1. The largest absolute Gasteiger partial charge is 0.497 e. The van der Waals surface area contributed by atoms with E-state index in [4.69, 9.17) is 14.0 Å². The summed E-state index contributed by atoms with van der Waals surface area (Å²) in [7, 11) is 2.85. The Morgan fingerprint density at radius 1 is 1.14 bits per heavy atom. The molecule has 0 bridgehead atoms. The molecule has 1 aliphatic heterocycles. The van der Waals surface area contributed by atoms with Gasteiger partial charge in [0.1, 0.15) is 10.8 Å². The van der Waals surface area contributed by atoms with Gasteiger partial charge in [0.05, 0.1) is 19.8 Å². The third-order valence-electron chi connectivity index (χ3n) is 6.19. The second-order valence-corrected chi connectivity index (χ2v) is 9.57. The number of carbonyl (C=O) groups excluding carboxylic acids is 2. The lowest BCUT2D eigenvalue weighted by molar-refractivity contribution is -0.672. The molecule has 0 radical (unpaired) electrons. The molecule has 5 rings (SSSR count). The molecule has 0 aliphatic carbocycles. The molecule has 0 spiro atoms. The average molecular weight is 522 g/mol. The Balaban J connectivity index is 1.43. The van der Waals surface area contributed by atoms with Crippen molar-refractivity contribution in [3.63, 3.8) is 0 Å². The molecular formula is C26H25N4O6S+. The first kappa shape index (κ1) is 24.5. The van der Waals surface area contributed by atoms with E-state index in [1.165, 1.54) is 28.7 Å². The molecule has 1 amide bonds. The first-order valence-corrected chi connectivity index (χ1v) is 12.4. The number of anilines is 1. The van der Waals surface area contributed by atoms with Gasteiger partial charge in [-0.25, -0.2) is 9.59 Å². The third-order valence-corrected chi connectivity index (χ3v) is 7.33. The van der Waals surface area contributed by atoms with Crippen molar-refractivity contribution in [2.75, 3.05) is 26.1 Å². The number of methoxy groups -OCH3 is 2. The number of benzene rings is 2. The number of amides is 1. The van der Waals surface area contributed by atoms with Crippen molar-refractivity contribution in [2.24, 2.45) is 0 Å². The number of nitrogens with one attached hydrogen (secondary N) is 2. The van der Waals surface area contributed by atoms with Crippen molar-refractivity contribution in [1.29, 1.82) is 0 Å². The summed E-state index contributed by atoms with van der Waals surface area (Å²) in [6, 6.07) is 16.9. The number of thiophene rings is 1. The topological polar surface area (TPSA) is 118 Å². The molecule has 4 aromatic rings. The van der Waals surface area contributed by atoms with Crippen molar-refractivity contribution < 1.29 is 28.3 Å². The average Bonchev–Trinajstić information content (AvgIpc) is 3.48. The minimum Gasteiger partial charge on any atom is -0.497 e. The Kier molecular flexibility index (Phi) is 6.89. The van der Waals surface area contributed by atoms with Crippen LogP contribution in [0.5, 0.6) is 5.75 Å². The third kappa shape index (κ3) is 4.91. The van der Waals surface area contributed by atoms with Crippen molar-refractivity contribution in [2.45, 2.75) is 19.5 Å². The number of rotatable bonds is 7. The number of aromatic amines is 1. The molecule has 2 N–H and O–H groups in total. The number of nitrogens with zero attached hydrogens (tertiary/aromatic N) is 2. The van der Waals surface area contributed by atoms with E-state index in [0.717, 1.165) is 23.5 Å². The van der Waals surface area contributed by atoms with E-state index in [0.29, 0.717) is 35.0 Å². The van der Waals surface area contributed by atoms with Gasteiger partial charge in [0.25, 0.3) is 0 Å². The molecule has 11 heteroatoms. The molecule has 3 heterocycles. The SMILES string of the molecule is COC(=O)c1c(NC(=O)c2c(=O)o[nH][n+]2-c2ccc(OC)cc2)sc2c1CCN(Cc1ccccc1)C2. The maximum absolute atomic E-state index is 13.3. The number of hydrogen-bond donors (Lipinski definition) is 2. The number of ether oxygens (including phenoxy) is 2. The van der Waals surface area contributed by atoms with Crippen LogP contribution in [-0.2, 0) is 24.2 Å². The van der Waals surface area contributed by atoms with E-state index in [2.05, 4.69) is 27.6 Å². The summed E-state index contributed by atoms with van der Waals surface area (Å²) in [5.41, 5.74) is 1.77. The highest BCUT2D eigenvalue weighted by Gasteiger charge is 2.34. The molecule has 37 heavy (non-hydrogen) atoms. The molecule has 0 fully saturated rings. The van der Waals surface area contributed by atoms with E-state index in [-0.39, 0.29) is 5.69 Å². The maximum atomic E-state index is 13.3. The Hall–Kier alpha value is -4.22. The van der Waals surface area contributed by atoms with Gasteiger partial charge in [0.15, 0.2) is 0 Å². The Morgan fingerprint density at radius 3 is 2.59 bits per heavy atom. The molecule has 0 saturated carbocycles. The first-order valence-electron chi connectivity index (χ1n) is 11.6. The monoisotopic (exact) mass is 521 g/mol. The Bertz CT molecular complexity index is 1490. The predicted octanol–water partition coefficient (Wildman–Crippen LogP) is 2.91. The Labute approximate surface area is 216 Å². The summed E-state index contributed by atoms with van der Waals surface area (Å²) in [5, 5.41) is 5.55. The standard InChI is InChI=1S/C26H24N4O6S/c1-34-18-10-8-17(9-11-18)30-22(26(33)36-28-30)23(31)27-24-21(25(32)35-2)19-12-13-29(15-20(19)37-24)14-16-6-4-3-5-7-16/h3-11H,12-15H2,1-2H3,(H-,27,28,31,32,33)/p+1. The lowest BCUT2D eigenvalue weighted by atomic mass is 10.0. The van der Waals surface area contributed by atoms with Crippen LogP contribution in [0.4, 0.5) is 5.00 Å². The summed E-state index contributed by atoms with van der Waals surface area (Å²) in [5.74, 6) is -0.626. The van der Waals surface area contributed by atoms with E-state index >= 15 is 0 Å². The zero-order chi connectivity index (χ0) is 25.9. The van der Waals surface area contributed by atoms with Gasteiger partial charge in [-0.1, -0.05) is 30.3 Å². The second kappa shape index (κ2) is 10.4. The van der Waals surface area contributed by atoms with Crippen molar-refractivity contribution in [3.8, 4) is 11.4 Å². The van der Waals surface area contributed by atoms with Crippen LogP contribution in [0.25, 0.3) is 5.69 Å². The quantitative estimate of drug-likeness (QED) is 0.284. The normalized spacial score (nSPS) is 13.1. The van der Waals surface area contributed by atoms with Crippen molar-refractivity contribution in [3.05, 3.63) is 92.3 Å². The van der Waals surface area contributed by atoms with Crippen LogP contribution < -0.4 is 20.4 Å². The minimum absolute atomic E-state index is 0.266. The predicted molar refractivity (Wildman–Crippen MR) is 135 cm³/mol. The van der Waals surface area contributed by atoms with E-state index < -0.39 is 17.5 Å². The summed E-state index contributed by atoms with van der Waals surface area (Å²) >= 11 is 1.31. The number of carbonyl (C=O) groups is 2. The highest BCUT2D eigenvalue weighted by Crippen LogP contribution is 2.38. The van der Waals surface area contributed by atoms with Crippen LogP contribution in [-0.4, -0.2) is 42.8 Å². The smallest absolute Gasteiger partial charge is 0.441 e. The van der Waals surface area contributed by atoms with Crippen LogP contribution in [0.1, 0.15) is 36.9 Å². The number of aromatic nitrogens is 2. The minimum atomic E-state index is -0.844. The van der Waals surface area contributed by atoms with E-state index in [9.17, 15) is 14.4 Å². The molecule has 10 nitrogen and oxygen atoms in total. The zero-order valence-corrected chi connectivity index (χ0v) is 21.1. The molecule has 0 unspecified atom stereocenters. The van der Waals surface area contributed by atoms with Gasteiger partial charge in [-0.05, 0) is 39.6 Å². The summed E-state index contributed by atoms with van der Waals surface area (Å²) in [6.07, 6.45) is 0.636. The zero-order valence-electron chi connectivity index (χ0n) is 20.3. The van der Waals surface area contributed by atoms with Gasteiger partial charge in [0.2, 0.25) is 5.69 Å². The van der Waals surface area contributed by atoms with E-state index in [1.807, 2.05) is 18.2 Å². The van der Waals surface area contributed by atoms with Crippen molar-refractivity contribution in [1.82, 2.24) is 10.2 Å². The van der Waals surface area contributed by atoms with Gasteiger partial charge in [0, 0.05) is 36.6 Å². The van der Waals surface area contributed by atoms with Gasteiger partial charge >= 0.3 is 23.2 Å². The molecule has 2 aromatic heterocycles. The van der Waals surface area contributed by atoms with Crippen molar-refractivity contribution >= 4 is 28.2 Å². The maximum Gasteiger partial charge on any atom is 0.441 e. The number of H-pyrrole nitrogens is 1. The lowest BCUT2D eigenvalue weighted by Crippen LogP contribution is -2.42. The van der Waals surface area contributed by atoms with Crippen LogP contribution >= 0.6 is 11.3 Å². The fourth-order valence-corrected chi connectivity index (χ4v) is 5.65. The van der Waals surface area contributed by atoms with Crippen LogP contribution in [0, 0.1) is 0 Å². The van der Waals surface area contributed by atoms with E-state index in [1.54, 1.807) is 31.4 Å². The fraction of sp³-hybridized carbons (Fsp3) is 0.231. The molecule has 0 saturated heterocycles. The van der Waals surface area contributed by atoms with Crippen LogP contribution in [0.15, 0.2) is 63.9 Å². The molecule has 2 aromatic carbocycles. The molecule has 0 atom stereocenters. The second-order valence-electron chi connectivity index (χ2n) is 8.46. The fourth-order valence-electron chi connectivity index (χ4n) is 4.38.